The van der Waals surface area contributed by atoms with Crippen LogP contribution < -0.4 is 10.1 Å². The Morgan fingerprint density at radius 3 is 2.88 bits per heavy atom. The summed E-state index contributed by atoms with van der Waals surface area (Å²) >= 11 is 9.38. The molecule has 0 radical (unpaired) electrons. The lowest BCUT2D eigenvalue weighted by molar-refractivity contribution is 0.238. The first-order valence-electron chi connectivity index (χ1n) is 5.56. The predicted molar refractivity (Wildman–Crippen MR) is 76.9 cm³/mol. The predicted octanol–water partition coefficient (Wildman–Crippen LogP) is 4.04. The van der Waals surface area contributed by atoms with Crippen molar-refractivity contribution in [2.75, 3.05) is 13.6 Å². The second-order valence-electron chi connectivity index (χ2n) is 3.65. The quantitative estimate of drug-likeness (QED) is 0.799. The minimum Gasteiger partial charge on any atom is -0.486 e. The second kappa shape index (κ2) is 7.75. The van der Waals surface area contributed by atoms with E-state index in [2.05, 4.69) is 21.2 Å². The Balaban J connectivity index is 2.67. The summed E-state index contributed by atoms with van der Waals surface area (Å²) < 4.78 is 6.74. The molecule has 0 saturated heterocycles. The van der Waals surface area contributed by atoms with Gasteiger partial charge in [-0.25, -0.2) is 0 Å². The summed E-state index contributed by atoms with van der Waals surface area (Å²) in [6.45, 7) is 2.91. The van der Waals surface area contributed by atoms with Crippen molar-refractivity contribution in [1.82, 2.24) is 5.32 Å². The molecule has 0 heterocycles. The minimum atomic E-state index is 0.0738. The molecule has 2 nitrogen and oxygen atoms in total. The second-order valence-corrected chi connectivity index (χ2v) is 4.91. The molecule has 0 aliphatic carbocycles. The Kier molecular flexibility index (Phi) is 6.63. The normalized spacial score (nSPS) is 12.9. The summed E-state index contributed by atoms with van der Waals surface area (Å²) in [5.41, 5.74) is 0. The molecular weight excluding hydrogens is 302 g/mol. The molecule has 1 atom stereocenters. The summed E-state index contributed by atoms with van der Waals surface area (Å²) in [6.07, 6.45) is 5.05. The van der Waals surface area contributed by atoms with E-state index in [-0.39, 0.29) is 6.10 Å². The van der Waals surface area contributed by atoms with Crippen LogP contribution in [-0.2, 0) is 0 Å². The van der Waals surface area contributed by atoms with E-state index in [0.717, 1.165) is 23.2 Å². The van der Waals surface area contributed by atoms with Crippen molar-refractivity contribution in [3.8, 4) is 5.75 Å². The molecule has 1 N–H and O–H groups in total. The van der Waals surface area contributed by atoms with Crippen LogP contribution in [0.3, 0.4) is 0 Å². The molecule has 0 aliphatic heterocycles. The Morgan fingerprint density at radius 1 is 1.53 bits per heavy atom. The molecule has 1 aromatic rings. The fourth-order valence-electron chi connectivity index (χ4n) is 1.42. The van der Waals surface area contributed by atoms with Crippen molar-refractivity contribution >= 4 is 27.5 Å². The smallest absolute Gasteiger partial charge is 0.121 e. The molecule has 0 spiro atoms. The Morgan fingerprint density at radius 2 is 2.29 bits per heavy atom. The van der Waals surface area contributed by atoms with Crippen LogP contribution in [-0.4, -0.2) is 19.7 Å². The van der Waals surface area contributed by atoms with Crippen LogP contribution in [0.25, 0.3) is 0 Å². The SMILES string of the molecule is CC=CC(CCNC)Oc1ccc(Br)c(Cl)c1. The molecule has 17 heavy (non-hydrogen) atoms. The average Bonchev–Trinajstić information content (AvgIpc) is 2.31. The van der Waals surface area contributed by atoms with Crippen molar-refractivity contribution in [3.63, 3.8) is 0 Å². The van der Waals surface area contributed by atoms with Gasteiger partial charge in [0.25, 0.3) is 0 Å². The standard InChI is InChI=1S/C13H17BrClNO/c1-3-4-10(7-8-16-2)17-11-5-6-12(14)13(15)9-11/h3-6,9-10,16H,7-8H2,1-2H3. The zero-order valence-corrected chi connectivity index (χ0v) is 12.4. The van der Waals surface area contributed by atoms with Crippen molar-refractivity contribution in [2.24, 2.45) is 0 Å². The van der Waals surface area contributed by atoms with Crippen molar-refractivity contribution in [2.45, 2.75) is 19.4 Å². The van der Waals surface area contributed by atoms with E-state index in [1.54, 1.807) is 0 Å². The number of allylic oxidation sites excluding steroid dienone is 1. The lowest BCUT2D eigenvalue weighted by Crippen LogP contribution is -2.20. The molecule has 0 fully saturated rings. The van der Waals surface area contributed by atoms with Crippen molar-refractivity contribution < 1.29 is 4.74 Å². The maximum absolute atomic E-state index is 6.02. The fraction of sp³-hybridized carbons (Fsp3) is 0.385. The van der Waals surface area contributed by atoms with Crippen LogP contribution in [0.1, 0.15) is 13.3 Å². The largest absolute Gasteiger partial charge is 0.486 e. The van der Waals surface area contributed by atoms with Gasteiger partial charge in [-0.05, 0) is 60.7 Å². The highest BCUT2D eigenvalue weighted by atomic mass is 79.9. The van der Waals surface area contributed by atoms with Gasteiger partial charge in [-0.15, -0.1) is 0 Å². The summed E-state index contributed by atoms with van der Waals surface area (Å²) in [5.74, 6) is 0.789. The zero-order valence-electron chi connectivity index (χ0n) is 10.0. The average molecular weight is 319 g/mol. The fourth-order valence-corrected chi connectivity index (χ4v) is 1.84. The van der Waals surface area contributed by atoms with Gasteiger partial charge in [-0.3, -0.25) is 0 Å². The van der Waals surface area contributed by atoms with Crippen LogP contribution in [0.15, 0.2) is 34.8 Å². The number of nitrogens with one attached hydrogen (secondary N) is 1. The van der Waals surface area contributed by atoms with E-state index in [4.69, 9.17) is 16.3 Å². The summed E-state index contributed by atoms with van der Waals surface area (Å²) in [6, 6.07) is 5.62. The third kappa shape index (κ3) is 5.11. The van der Waals surface area contributed by atoms with Gasteiger partial charge in [0.15, 0.2) is 0 Å². The minimum absolute atomic E-state index is 0.0738. The van der Waals surface area contributed by atoms with E-state index in [1.807, 2.05) is 44.3 Å². The number of halogens is 2. The van der Waals surface area contributed by atoms with Crippen LogP contribution >= 0.6 is 27.5 Å². The lowest BCUT2D eigenvalue weighted by Gasteiger charge is -2.16. The third-order valence-electron chi connectivity index (χ3n) is 2.26. The number of rotatable bonds is 6. The number of benzene rings is 1. The summed E-state index contributed by atoms with van der Waals surface area (Å²) in [5, 5.41) is 3.78. The van der Waals surface area contributed by atoms with Gasteiger partial charge in [0, 0.05) is 10.9 Å². The maximum Gasteiger partial charge on any atom is 0.121 e. The van der Waals surface area contributed by atoms with Crippen molar-refractivity contribution in [1.29, 1.82) is 0 Å². The van der Waals surface area contributed by atoms with Gasteiger partial charge in [-0.2, -0.15) is 0 Å². The Labute approximate surface area is 116 Å². The first-order valence-corrected chi connectivity index (χ1v) is 6.73. The Bertz CT molecular complexity index is 382. The van der Waals surface area contributed by atoms with Crippen molar-refractivity contribution in [3.05, 3.63) is 39.8 Å². The van der Waals surface area contributed by atoms with E-state index >= 15 is 0 Å². The van der Waals surface area contributed by atoms with Crippen LogP contribution in [0.4, 0.5) is 0 Å². The van der Waals surface area contributed by atoms with E-state index in [1.165, 1.54) is 0 Å². The highest BCUT2D eigenvalue weighted by Crippen LogP contribution is 2.27. The van der Waals surface area contributed by atoms with Gasteiger partial charge in [0.1, 0.15) is 11.9 Å². The number of hydrogen-bond acceptors (Lipinski definition) is 2. The molecule has 0 bridgehead atoms. The summed E-state index contributed by atoms with van der Waals surface area (Å²) in [4.78, 5) is 0. The molecule has 0 aliphatic rings. The van der Waals surface area contributed by atoms with E-state index < -0.39 is 0 Å². The first kappa shape index (κ1) is 14.6. The Hall–Kier alpha value is -0.510. The van der Waals surface area contributed by atoms with Gasteiger partial charge in [-0.1, -0.05) is 17.7 Å². The van der Waals surface area contributed by atoms with Gasteiger partial charge in [0.2, 0.25) is 0 Å². The monoisotopic (exact) mass is 317 g/mol. The molecule has 0 aromatic heterocycles. The van der Waals surface area contributed by atoms with E-state index in [0.29, 0.717) is 5.02 Å². The molecule has 1 rings (SSSR count). The van der Waals surface area contributed by atoms with Gasteiger partial charge >= 0.3 is 0 Å². The van der Waals surface area contributed by atoms with Gasteiger partial charge in [0.05, 0.1) is 5.02 Å². The molecule has 0 saturated carbocycles. The number of ether oxygens (including phenoxy) is 1. The molecule has 1 aromatic carbocycles. The molecule has 94 valence electrons. The van der Waals surface area contributed by atoms with Crippen LogP contribution in [0.5, 0.6) is 5.75 Å². The topological polar surface area (TPSA) is 21.3 Å². The molecular formula is C13H17BrClNO. The van der Waals surface area contributed by atoms with Crippen LogP contribution in [0, 0.1) is 0 Å². The molecule has 0 amide bonds. The highest BCUT2D eigenvalue weighted by Gasteiger charge is 2.07. The molecule has 1 unspecified atom stereocenters. The maximum atomic E-state index is 6.02. The van der Waals surface area contributed by atoms with Gasteiger partial charge < -0.3 is 10.1 Å². The van der Waals surface area contributed by atoms with Crippen LogP contribution in [0.2, 0.25) is 5.02 Å². The summed E-state index contributed by atoms with van der Waals surface area (Å²) in [7, 11) is 1.93. The zero-order chi connectivity index (χ0) is 12.7. The first-order chi connectivity index (χ1) is 8.17. The lowest BCUT2D eigenvalue weighted by atomic mass is 10.2. The third-order valence-corrected chi connectivity index (χ3v) is 3.50. The molecule has 4 heteroatoms. The van der Waals surface area contributed by atoms with E-state index in [9.17, 15) is 0 Å². The number of hydrogen-bond donors (Lipinski definition) is 1. The highest BCUT2D eigenvalue weighted by molar-refractivity contribution is 9.10.